The van der Waals surface area contributed by atoms with Crippen molar-refractivity contribution in [3.8, 4) is 0 Å². The molecule has 0 bridgehead atoms. The first-order valence-electron chi connectivity index (χ1n) is 5.44. The van der Waals surface area contributed by atoms with Crippen molar-refractivity contribution in [2.24, 2.45) is 0 Å². The lowest BCUT2D eigenvalue weighted by Crippen LogP contribution is -2.37. The summed E-state index contributed by atoms with van der Waals surface area (Å²) in [6.07, 6.45) is 5.57. The Labute approximate surface area is 90.7 Å². The van der Waals surface area contributed by atoms with E-state index in [9.17, 15) is 4.79 Å². The van der Waals surface area contributed by atoms with Gasteiger partial charge in [0, 0.05) is 18.4 Å². The van der Waals surface area contributed by atoms with Gasteiger partial charge in [0.15, 0.2) is 0 Å². The van der Waals surface area contributed by atoms with E-state index >= 15 is 0 Å². The summed E-state index contributed by atoms with van der Waals surface area (Å²) in [5, 5.41) is 7.02. The van der Waals surface area contributed by atoms with Crippen LogP contribution in [0.3, 0.4) is 0 Å². The maximum absolute atomic E-state index is 11.8. The van der Waals surface area contributed by atoms with E-state index in [1.54, 1.807) is 17.1 Å². The van der Waals surface area contributed by atoms with Crippen LogP contribution in [0.4, 0.5) is 0 Å². The van der Waals surface area contributed by atoms with Crippen molar-refractivity contribution in [2.45, 2.75) is 45.7 Å². The van der Waals surface area contributed by atoms with Gasteiger partial charge in [-0.2, -0.15) is 5.10 Å². The molecule has 0 spiro atoms. The number of carbonyl (C=O) groups excluding carboxylic acids is 1. The lowest BCUT2D eigenvalue weighted by molar-refractivity contribution is -0.124. The molecule has 2 unspecified atom stereocenters. The monoisotopic (exact) mass is 209 g/mol. The molecule has 2 atom stereocenters. The highest BCUT2D eigenvalue weighted by Gasteiger charge is 2.16. The van der Waals surface area contributed by atoms with Crippen LogP contribution in [0.1, 0.15) is 39.7 Å². The van der Waals surface area contributed by atoms with Gasteiger partial charge in [-0.05, 0) is 26.3 Å². The Morgan fingerprint density at radius 3 is 2.80 bits per heavy atom. The van der Waals surface area contributed by atoms with Crippen molar-refractivity contribution >= 4 is 5.91 Å². The molecule has 0 radical (unpaired) electrons. The molecule has 0 aliphatic heterocycles. The number of hydrogen-bond acceptors (Lipinski definition) is 2. The summed E-state index contributed by atoms with van der Waals surface area (Å²) in [5.41, 5.74) is 0. The van der Waals surface area contributed by atoms with Gasteiger partial charge >= 0.3 is 0 Å². The average molecular weight is 209 g/mol. The Hall–Kier alpha value is -1.32. The van der Waals surface area contributed by atoms with Crippen molar-refractivity contribution in [3.63, 3.8) is 0 Å². The molecule has 0 aliphatic rings. The predicted molar refractivity (Wildman–Crippen MR) is 59.5 cm³/mol. The summed E-state index contributed by atoms with van der Waals surface area (Å²) in [6.45, 7) is 5.98. The summed E-state index contributed by atoms with van der Waals surface area (Å²) in [7, 11) is 0. The van der Waals surface area contributed by atoms with Crippen molar-refractivity contribution in [1.29, 1.82) is 0 Å². The normalized spacial score (nSPS) is 14.6. The molecule has 0 saturated carbocycles. The molecular weight excluding hydrogens is 190 g/mol. The number of rotatable bonds is 5. The number of carbonyl (C=O) groups is 1. The van der Waals surface area contributed by atoms with E-state index < -0.39 is 0 Å². The molecule has 1 aromatic heterocycles. The molecule has 15 heavy (non-hydrogen) atoms. The topological polar surface area (TPSA) is 46.9 Å². The smallest absolute Gasteiger partial charge is 0.244 e. The van der Waals surface area contributed by atoms with E-state index in [1.807, 2.05) is 19.9 Å². The molecule has 1 rings (SSSR count). The van der Waals surface area contributed by atoms with Gasteiger partial charge < -0.3 is 5.32 Å². The van der Waals surface area contributed by atoms with Crippen LogP contribution in [0.2, 0.25) is 0 Å². The van der Waals surface area contributed by atoms with Crippen LogP contribution in [0.25, 0.3) is 0 Å². The Kier molecular flexibility index (Phi) is 4.34. The van der Waals surface area contributed by atoms with Gasteiger partial charge in [-0.1, -0.05) is 13.3 Å². The van der Waals surface area contributed by atoms with E-state index in [1.165, 1.54) is 0 Å². The number of hydrogen-bond donors (Lipinski definition) is 1. The van der Waals surface area contributed by atoms with Gasteiger partial charge in [0.1, 0.15) is 6.04 Å². The van der Waals surface area contributed by atoms with E-state index in [2.05, 4.69) is 17.3 Å². The van der Waals surface area contributed by atoms with Crippen LogP contribution in [-0.4, -0.2) is 21.7 Å². The zero-order valence-corrected chi connectivity index (χ0v) is 9.60. The maximum Gasteiger partial charge on any atom is 0.244 e. The molecular formula is C11H19N3O. The summed E-state index contributed by atoms with van der Waals surface area (Å²) < 4.78 is 1.66. The van der Waals surface area contributed by atoms with Gasteiger partial charge in [0.25, 0.3) is 0 Å². The second-order valence-corrected chi connectivity index (χ2v) is 3.86. The van der Waals surface area contributed by atoms with Gasteiger partial charge in [-0.3, -0.25) is 9.48 Å². The fourth-order valence-corrected chi connectivity index (χ4v) is 1.50. The molecule has 1 N–H and O–H groups in total. The molecule has 84 valence electrons. The maximum atomic E-state index is 11.8. The van der Waals surface area contributed by atoms with Crippen LogP contribution < -0.4 is 5.32 Å². The third-order valence-electron chi connectivity index (χ3n) is 2.41. The van der Waals surface area contributed by atoms with Gasteiger partial charge in [-0.15, -0.1) is 0 Å². The minimum absolute atomic E-state index is 0.0275. The zero-order chi connectivity index (χ0) is 11.3. The fourth-order valence-electron chi connectivity index (χ4n) is 1.50. The van der Waals surface area contributed by atoms with E-state index in [4.69, 9.17) is 0 Å². The summed E-state index contributed by atoms with van der Waals surface area (Å²) in [6, 6.07) is 1.82. The molecule has 0 fully saturated rings. The van der Waals surface area contributed by atoms with Gasteiger partial charge in [0.05, 0.1) is 0 Å². The van der Waals surface area contributed by atoms with Crippen molar-refractivity contribution in [2.75, 3.05) is 0 Å². The highest BCUT2D eigenvalue weighted by atomic mass is 16.2. The third-order valence-corrected chi connectivity index (χ3v) is 2.41. The summed E-state index contributed by atoms with van der Waals surface area (Å²) >= 11 is 0. The van der Waals surface area contributed by atoms with Crippen LogP contribution in [-0.2, 0) is 4.79 Å². The molecule has 0 aromatic carbocycles. The quantitative estimate of drug-likeness (QED) is 0.803. The Bertz CT molecular complexity index is 295. The van der Waals surface area contributed by atoms with Crippen molar-refractivity contribution in [1.82, 2.24) is 15.1 Å². The fraction of sp³-hybridized carbons (Fsp3) is 0.636. The SMILES string of the molecule is CCCC(C)NC(=O)C(C)n1cccn1. The minimum Gasteiger partial charge on any atom is -0.352 e. The molecule has 1 amide bonds. The predicted octanol–water partition coefficient (Wildman–Crippen LogP) is 1.75. The van der Waals surface area contributed by atoms with E-state index in [0.717, 1.165) is 12.8 Å². The largest absolute Gasteiger partial charge is 0.352 e. The molecule has 4 heteroatoms. The highest BCUT2D eigenvalue weighted by Crippen LogP contribution is 2.04. The second-order valence-electron chi connectivity index (χ2n) is 3.86. The van der Waals surface area contributed by atoms with Gasteiger partial charge in [-0.25, -0.2) is 0 Å². The first kappa shape index (κ1) is 11.8. The molecule has 1 aromatic rings. The average Bonchev–Trinajstić information content (AvgIpc) is 2.69. The summed E-state index contributed by atoms with van der Waals surface area (Å²) in [4.78, 5) is 11.8. The first-order valence-corrected chi connectivity index (χ1v) is 5.44. The Balaban J connectivity index is 2.47. The molecule has 0 saturated heterocycles. The van der Waals surface area contributed by atoms with Crippen LogP contribution in [0.5, 0.6) is 0 Å². The van der Waals surface area contributed by atoms with Crippen LogP contribution in [0, 0.1) is 0 Å². The lowest BCUT2D eigenvalue weighted by Gasteiger charge is -2.17. The lowest BCUT2D eigenvalue weighted by atomic mass is 10.2. The Morgan fingerprint density at radius 2 is 2.27 bits per heavy atom. The molecule has 4 nitrogen and oxygen atoms in total. The van der Waals surface area contributed by atoms with Gasteiger partial charge in [0.2, 0.25) is 5.91 Å². The number of nitrogens with one attached hydrogen (secondary N) is 1. The first-order chi connectivity index (χ1) is 7.15. The molecule has 1 heterocycles. The van der Waals surface area contributed by atoms with Crippen molar-refractivity contribution < 1.29 is 4.79 Å². The third kappa shape index (κ3) is 3.38. The Morgan fingerprint density at radius 1 is 1.53 bits per heavy atom. The minimum atomic E-state index is -0.237. The highest BCUT2D eigenvalue weighted by molar-refractivity contribution is 5.79. The summed E-state index contributed by atoms with van der Waals surface area (Å²) in [5.74, 6) is 0.0275. The molecule has 0 aliphatic carbocycles. The van der Waals surface area contributed by atoms with E-state index in [-0.39, 0.29) is 18.0 Å². The standard InChI is InChI=1S/C11H19N3O/c1-4-6-9(2)13-11(15)10(3)14-8-5-7-12-14/h5,7-10H,4,6H2,1-3H3,(H,13,15). The van der Waals surface area contributed by atoms with E-state index in [0.29, 0.717) is 0 Å². The van der Waals surface area contributed by atoms with Crippen molar-refractivity contribution in [3.05, 3.63) is 18.5 Å². The number of amides is 1. The zero-order valence-electron chi connectivity index (χ0n) is 9.60. The second kappa shape index (κ2) is 5.53. The number of nitrogens with zero attached hydrogens (tertiary/aromatic N) is 2. The number of aromatic nitrogens is 2. The van der Waals surface area contributed by atoms with Crippen LogP contribution >= 0.6 is 0 Å². The van der Waals surface area contributed by atoms with Crippen LogP contribution in [0.15, 0.2) is 18.5 Å².